The highest BCUT2D eigenvalue weighted by atomic mass is 16.2. The van der Waals surface area contributed by atoms with E-state index in [9.17, 15) is 14.4 Å². The monoisotopic (exact) mass is 453 g/mol. The molecular formula is C28H27N3O3. The molecule has 172 valence electrons. The third kappa shape index (κ3) is 3.90. The fourth-order valence-corrected chi connectivity index (χ4v) is 5.02. The smallest absolute Gasteiger partial charge is 0.262 e. The van der Waals surface area contributed by atoms with Crippen LogP contribution < -0.4 is 0 Å². The van der Waals surface area contributed by atoms with E-state index < -0.39 is 17.9 Å². The number of hydrogen-bond acceptors (Lipinski definition) is 4. The van der Waals surface area contributed by atoms with Gasteiger partial charge in [0.1, 0.15) is 6.04 Å². The van der Waals surface area contributed by atoms with Crippen LogP contribution in [0.5, 0.6) is 0 Å². The van der Waals surface area contributed by atoms with E-state index in [2.05, 4.69) is 53.4 Å². The molecule has 34 heavy (non-hydrogen) atoms. The van der Waals surface area contributed by atoms with Crippen molar-refractivity contribution in [3.8, 4) is 0 Å². The molecule has 0 radical (unpaired) electrons. The molecule has 2 heterocycles. The summed E-state index contributed by atoms with van der Waals surface area (Å²) in [4.78, 5) is 44.2. The number of carbonyl (C=O) groups excluding carboxylic acids is 3. The Kier molecular flexibility index (Phi) is 5.99. The highest BCUT2D eigenvalue weighted by molar-refractivity contribution is 6.22. The summed E-state index contributed by atoms with van der Waals surface area (Å²) in [7, 11) is 0. The molecule has 6 nitrogen and oxygen atoms in total. The first-order valence-corrected chi connectivity index (χ1v) is 11.7. The molecule has 2 aliphatic rings. The van der Waals surface area contributed by atoms with Crippen LogP contribution in [0.25, 0.3) is 0 Å². The number of fused-ring (bicyclic) bond motifs is 1. The van der Waals surface area contributed by atoms with Gasteiger partial charge >= 0.3 is 0 Å². The fourth-order valence-electron chi connectivity index (χ4n) is 5.02. The minimum atomic E-state index is -0.835. The van der Waals surface area contributed by atoms with Crippen LogP contribution in [0.1, 0.15) is 44.8 Å². The number of hydrogen-bond donors (Lipinski definition) is 0. The predicted molar refractivity (Wildman–Crippen MR) is 129 cm³/mol. The van der Waals surface area contributed by atoms with E-state index in [0.717, 1.165) is 4.90 Å². The summed E-state index contributed by atoms with van der Waals surface area (Å²) in [6, 6.07) is 26.8. The zero-order valence-electron chi connectivity index (χ0n) is 19.1. The number of rotatable bonds is 5. The van der Waals surface area contributed by atoms with E-state index in [-0.39, 0.29) is 11.9 Å². The first-order valence-electron chi connectivity index (χ1n) is 11.7. The average molecular weight is 454 g/mol. The van der Waals surface area contributed by atoms with E-state index in [1.54, 1.807) is 36.1 Å². The van der Waals surface area contributed by atoms with Gasteiger partial charge in [-0.3, -0.25) is 24.2 Å². The van der Waals surface area contributed by atoms with E-state index in [1.165, 1.54) is 11.1 Å². The summed E-state index contributed by atoms with van der Waals surface area (Å²) in [6.45, 7) is 4.14. The van der Waals surface area contributed by atoms with Crippen molar-refractivity contribution in [2.24, 2.45) is 0 Å². The summed E-state index contributed by atoms with van der Waals surface area (Å²) in [5, 5.41) is 0. The number of imide groups is 1. The van der Waals surface area contributed by atoms with Gasteiger partial charge in [-0.05, 0) is 30.2 Å². The summed E-state index contributed by atoms with van der Waals surface area (Å²) in [6.07, 6.45) is 0. The molecule has 0 N–H and O–H groups in total. The Morgan fingerprint density at radius 1 is 0.676 bits per heavy atom. The largest absolute Gasteiger partial charge is 0.338 e. The van der Waals surface area contributed by atoms with Crippen LogP contribution in [-0.2, 0) is 4.79 Å². The molecule has 1 saturated heterocycles. The van der Waals surface area contributed by atoms with Gasteiger partial charge in [0.25, 0.3) is 11.8 Å². The zero-order chi connectivity index (χ0) is 23.7. The maximum atomic E-state index is 13.3. The molecule has 6 heteroatoms. The van der Waals surface area contributed by atoms with Crippen LogP contribution in [0.2, 0.25) is 0 Å². The molecule has 0 saturated carbocycles. The van der Waals surface area contributed by atoms with Gasteiger partial charge in [-0.25, -0.2) is 0 Å². The second-order valence-electron chi connectivity index (χ2n) is 8.79. The predicted octanol–water partition coefficient (Wildman–Crippen LogP) is 3.60. The maximum Gasteiger partial charge on any atom is 0.262 e. The quantitative estimate of drug-likeness (QED) is 0.554. The molecular weight excluding hydrogens is 426 g/mol. The lowest BCUT2D eigenvalue weighted by molar-refractivity contribution is -0.136. The van der Waals surface area contributed by atoms with Crippen LogP contribution in [0, 0.1) is 0 Å². The van der Waals surface area contributed by atoms with Crippen LogP contribution >= 0.6 is 0 Å². The Labute approximate surface area is 199 Å². The second kappa shape index (κ2) is 9.23. The van der Waals surface area contributed by atoms with Crippen LogP contribution in [0.3, 0.4) is 0 Å². The minimum absolute atomic E-state index is 0.105. The first kappa shape index (κ1) is 22.0. The summed E-state index contributed by atoms with van der Waals surface area (Å²) in [5.74, 6) is -0.980. The van der Waals surface area contributed by atoms with Gasteiger partial charge in [0.05, 0.1) is 17.2 Å². The normalized spacial score (nSPS) is 17.2. The van der Waals surface area contributed by atoms with Gasteiger partial charge < -0.3 is 4.90 Å². The lowest BCUT2D eigenvalue weighted by Gasteiger charge is -2.41. The van der Waals surface area contributed by atoms with Gasteiger partial charge in [0, 0.05) is 26.2 Å². The van der Waals surface area contributed by atoms with Crippen molar-refractivity contribution in [3.63, 3.8) is 0 Å². The Hall–Kier alpha value is -3.77. The maximum absolute atomic E-state index is 13.3. The lowest BCUT2D eigenvalue weighted by Crippen LogP contribution is -2.55. The van der Waals surface area contributed by atoms with Crippen molar-refractivity contribution in [2.75, 3.05) is 26.2 Å². The SMILES string of the molecule is CC(C(=O)N1CCN(C(c2ccccc2)c2ccccc2)CC1)N1C(=O)c2ccccc2C1=O. The van der Waals surface area contributed by atoms with Crippen molar-refractivity contribution in [1.82, 2.24) is 14.7 Å². The minimum Gasteiger partial charge on any atom is -0.338 e. The number of piperazine rings is 1. The van der Waals surface area contributed by atoms with Gasteiger partial charge in [-0.2, -0.15) is 0 Å². The highest BCUT2D eigenvalue weighted by Gasteiger charge is 2.42. The van der Waals surface area contributed by atoms with Crippen molar-refractivity contribution in [2.45, 2.75) is 19.0 Å². The molecule has 1 atom stereocenters. The van der Waals surface area contributed by atoms with Gasteiger partial charge in [-0.15, -0.1) is 0 Å². The second-order valence-corrected chi connectivity index (χ2v) is 8.79. The molecule has 2 aliphatic heterocycles. The summed E-state index contributed by atoms with van der Waals surface area (Å²) in [5.41, 5.74) is 3.16. The van der Waals surface area contributed by atoms with E-state index in [0.29, 0.717) is 37.3 Å². The standard InChI is InChI=1S/C28H27N3O3/c1-20(31-27(33)23-14-8-9-15-24(23)28(31)34)26(32)30-18-16-29(17-19-30)25(21-10-4-2-5-11-21)22-12-6-3-7-13-22/h2-15,20,25H,16-19H2,1H3. The highest BCUT2D eigenvalue weighted by Crippen LogP contribution is 2.30. The summed E-state index contributed by atoms with van der Waals surface area (Å²) < 4.78 is 0. The van der Waals surface area contributed by atoms with Gasteiger partial charge in [0.2, 0.25) is 5.91 Å². The topological polar surface area (TPSA) is 60.9 Å². The number of amides is 3. The Morgan fingerprint density at radius 3 is 1.59 bits per heavy atom. The van der Waals surface area contributed by atoms with Crippen LogP contribution in [-0.4, -0.2) is 64.6 Å². The summed E-state index contributed by atoms with van der Waals surface area (Å²) >= 11 is 0. The molecule has 5 rings (SSSR count). The third-order valence-corrected chi connectivity index (χ3v) is 6.79. The molecule has 3 amide bonds. The Bertz CT molecular complexity index is 1130. The fraction of sp³-hybridized carbons (Fsp3) is 0.250. The lowest BCUT2D eigenvalue weighted by atomic mass is 9.96. The van der Waals surface area contributed by atoms with Gasteiger partial charge in [-0.1, -0.05) is 72.8 Å². The van der Waals surface area contributed by atoms with Crippen LogP contribution in [0.15, 0.2) is 84.9 Å². The number of carbonyl (C=O) groups is 3. The molecule has 3 aromatic carbocycles. The van der Waals surface area contributed by atoms with E-state index in [4.69, 9.17) is 0 Å². The first-order chi connectivity index (χ1) is 16.6. The zero-order valence-corrected chi connectivity index (χ0v) is 19.1. The Balaban J connectivity index is 1.30. The molecule has 0 spiro atoms. The van der Waals surface area contributed by atoms with Crippen molar-refractivity contribution in [3.05, 3.63) is 107 Å². The van der Waals surface area contributed by atoms with E-state index >= 15 is 0 Å². The number of nitrogens with zero attached hydrogens (tertiary/aromatic N) is 3. The third-order valence-electron chi connectivity index (χ3n) is 6.79. The molecule has 3 aromatic rings. The molecule has 0 aromatic heterocycles. The van der Waals surface area contributed by atoms with Crippen LogP contribution in [0.4, 0.5) is 0 Å². The molecule has 1 fully saturated rings. The molecule has 0 bridgehead atoms. The van der Waals surface area contributed by atoms with Crippen molar-refractivity contribution < 1.29 is 14.4 Å². The number of benzene rings is 3. The van der Waals surface area contributed by atoms with Gasteiger partial charge in [0.15, 0.2) is 0 Å². The Morgan fingerprint density at radius 2 is 1.12 bits per heavy atom. The average Bonchev–Trinajstić information content (AvgIpc) is 3.15. The van der Waals surface area contributed by atoms with Crippen molar-refractivity contribution >= 4 is 17.7 Å². The van der Waals surface area contributed by atoms with E-state index in [1.807, 2.05) is 12.1 Å². The molecule has 0 aliphatic carbocycles. The van der Waals surface area contributed by atoms with Crippen molar-refractivity contribution in [1.29, 1.82) is 0 Å². The molecule has 1 unspecified atom stereocenters.